The van der Waals surface area contributed by atoms with Crippen molar-refractivity contribution in [3.63, 3.8) is 0 Å². The van der Waals surface area contributed by atoms with Crippen molar-refractivity contribution in [1.29, 1.82) is 0 Å². The van der Waals surface area contributed by atoms with Crippen LogP contribution >= 0.6 is 0 Å². The third-order valence-corrected chi connectivity index (χ3v) is 2.53. The van der Waals surface area contributed by atoms with Crippen molar-refractivity contribution in [2.24, 2.45) is 5.73 Å². The molecule has 0 bridgehead atoms. The molecular formula is C14H28NNaO3. The van der Waals surface area contributed by atoms with E-state index in [1.54, 1.807) is 0 Å². The fourth-order valence-electron chi connectivity index (χ4n) is 1.61. The van der Waals surface area contributed by atoms with Crippen molar-refractivity contribution in [2.75, 3.05) is 0 Å². The zero-order valence-electron chi connectivity index (χ0n) is 12.9. The van der Waals surface area contributed by atoms with Gasteiger partial charge in [-0.15, -0.1) is 0 Å². The molecule has 0 aromatic rings. The number of hydrogen-bond donors (Lipinski definition) is 1. The zero-order chi connectivity index (χ0) is 14.2. The average molecular weight is 281 g/mol. The quantitative estimate of drug-likeness (QED) is 0.418. The molecule has 0 aliphatic carbocycles. The fraction of sp³-hybridized carbons (Fsp3) is 0.857. The van der Waals surface area contributed by atoms with Crippen LogP contribution in [0.2, 0.25) is 0 Å². The fourth-order valence-corrected chi connectivity index (χ4v) is 1.61. The van der Waals surface area contributed by atoms with Gasteiger partial charge in [0, 0.05) is 12.4 Å². The van der Waals surface area contributed by atoms with Crippen LogP contribution in [0.15, 0.2) is 0 Å². The molecule has 108 valence electrons. The Kier molecular flexibility index (Phi) is 25.6. The van der Waals surface area contributed by atoms with Gasteiger partial charge in [-0.05, 0) is 13.3 Å². The van der Waals surface area contributed by atoms with Crippen LogP contribution in [0, 0.1) is 0 Å². The van der Waals surface area contributed by atoms with Gasteiger partial charge in [-0.2, -0.15) is 0 Å². The van der Waals surface area contributed by atoms with Crippen LogP contribution in [0.4, 0.5) is 0 Å². The molecule has 0 aromatic heterocycles. The normalized spacial score (nSPS) is 8.95. The minimum atomic E-state index is -1.08. The Bertz CT molecular complexity index is 207. The van der Waals surface area contributed by atoms with Crippen molar-refractivity contribution in [1.82, 2.24) is 0 Å². The maximum Gasteiger partial charge on any atom is 1.00 e. The van der Waals surface area contributed by atoms with Gasteiger partial charge >= 0.3 is 29.6 Å². The monoisotopic (exact) mass is 281 g/mol. The Morgan fingerprint density at radius 1 is 0.895 bits per heavy atom. The molecule has 2 N–H and O–H groups in total. The number of carboxylic acid groups (broad SMARTS) is 1. The Morgan fingerprint density at radius 2 is 1.21 bits per heavy atom. The Labute approximate surface area is 139 Å². The number of carbonyl (C=O) groups excluding carboxylic acids is 2. The summed E-state index contributed by atoms with van der Waals surface area (Å²) < 4.78 is 0. The van der Waals surface area contributed by atoms with E-state index in [1.807, 2.05) is 0 Å². The maximum atomic E-state index is 10.4. The van der Waals surface area contributed by atoms with Gasteiger partial charge in [0.25, 0.3) is 0 Å². The number of carbonyl (C=O) groups is 2. The van der Waals surface area contributed by atoms with Gasteiger partial charge < -0.3 is 15.6 Å². The summed E-state index contributed by atoms with van der Waals surface area (Å²) in [6.45, 7) is 3.21. The molecule has 0 aliphatic rings. The standard InChI is InChI=1S/C12H25NO.C2H4O2.Na/c1-2-3-4-5-6-7-8-9-10-11-12(13)14;1-2(3)4;/h2-11H2,1H3,(H2,13,14);1H3,(H,3,4);/q;;+1/p-1. The Morgan fingerprint density at radius 3 is 1.53 bits per heavy atom. The Balaban J connectivity index is -0.000000448. The van der Waals surface area contributed by atoms with E-state index >= 15 is 0 Å². The van der Waals surface area contributed by atoms with E-state index < -0.39 is 5.97 Å². The number of hydrogen-bond acceptors (Lipinski definition) is 3. The zero-order valence-corrected chi connectivity index (χ0v) is 14.9. The molecule has 5 heteroatoms. The predicted octanol–water partition coefficient (Wildman–Crippen LogP) is -0.847. The Hall–Kier alpha value is -0.0600. The predicted molar refractivity (Wildman–Crippen MR) is 71.7 cm³/mol. The summed E-state index contributed by atoms with van der Waals surface area (Å²) in [6, 6.07) is 0. The summed E-state index contributed by atoms with van der Waals surface area (Å²) in [5.74, 6) is -1.24. The van der Waals surface area contributed by atoms with Gasteiger partial charge in [0.1, 0.15) is 0 Å². The number of nitrogens with two attached hydrogens (primary N) is 1. The van der Waals surface area contributed by atoms with E-state index in [0.29, 0.717) is 6.42 Å². The number of carboxylic acids is 1. The van der Waals surface area contributed by atoms with Gasteiger partial charge in [-0.3, -0.25) is 4.79 Å². The van der Waals surface area contributed by atoms with Crippen LogP contribution in [0.25, 0.3) is 0 Å². The molecule has 0 heterocycles. The molecule has 0 saturated carbocycles. The molecular weight excluding hydrogens is 253 g/mol. The van der Waals surface area contributed by atoms with Crippen molar-refractivity contribution in [2.45, 2.75) is 78.1 Å². The average Bonchev–Trinajstić information content (AvgIpc) is 2.26. The van der Waals surface area contributed by atoms with Crippen molar-refractivity contribution >= 4 is 11.9 Å². The first-order chi connectivity index (χ1) is 8.50. The minimum absolute atomic E-state index is 0. The number of rotatable bonds is 10. The summed E-state index contributed by atoms with van der Waals surface area (Å²) in [4.78, 5) is 19.3. The van der Waals surface area contributed by atoms with Crippen LogP contribution < -0.4 is 40.4 Å². The summed E-state index contributed by atoms with van der Waals surface area (Å²) >= 11 is 0. The molecule has 0 aliphatic heterocycles. The third kappa shape index (κ3) is 38.1. The summed E-state index contributed by atoms with van der Waals surface area (Å²) in [7, 11) is 0. The van der Waals surface area contributed by atoms with Crippen molar-refractivity contribution in [3.8, 4) is 0 Å². The molecule has 0 radical (unpaired) electrons. The van der Waals surface area contributed by atoms with Gasteiger partial charge in [-0.25, -0.2) is 0 Å². The molecule has 0 atom stereocenters. The SMILES string of the molecule is CC(=O)[O-].CCCCCCCCCCCC(N)=O.[Na+]. The van der Waals surface area contributed by atoms with E-state index in [1.165, 1.54) is 44.9 Å². The second-order valence-corrected chi connectivity index (χ2v) is 4.54. The summed E-state index contributed by atoms with van der Waals surface area (Å²) in [5.41, 5.74) is 5.05. The molecule has 0 aromatic carbocycles. The van der Waals surface area contributed by atoms with Crippen LogP contribution in [0.1, 0.15) is 78.1 Å². The smallest absolute Gasteiger partial charge is 0.550 e. The molecule has 0 saturated heterocycles. The first-order valence-corrected chi connectivity index (χ1v) is 6.96. The van der Waals surface area contributed by atoms with Gasteiger partial charge in [0.2, 0.25) is 5.91 Å². The number of aliphatic carboxylic acids is 1. The van der Waals surface area contributed by atoms with Gasteiger partial charge in [0.15, 0.2) is 0 Å². The summed E-state index contributed by atoms with van der Waals surface area (Å²) in [6.07, 6.45) is 12.1. The molecule has 4 nitrogen and oxygen atoms in total. The van der Waals surface area contributed by atoms with Crippen molar-refractivity contribution in [3.05, 3.63) is 0 Å². The molecule has 0 unspecified atom stereocenters. The van der Waals surface area contributed by atoms with Gasteiger partial charge in [0.05, 0.1) is 0 Å². The van der Waals surface area contributed by atoms with E-state index in [2.05, 4.69) is 6.92 Å². The first kappa shape index (κ1) is 24.0. The van der Waals surface area contributed by atoms with Crippen LogP contribution in [0.3, 0.4) is 0 Å². The first-order valence-electron chi connectivity index (χ1n) is 6.96. The molecule has 1 amide bonds. The number of primary amides is 1. The van der Waals surface area contributed by atoms with E-state index in [0.717, 1.165) is 19.8 Å². The molecule has 0 spiro atoms. The second-order valence-electron chi connectivity index (χ2n) is 4.54. The van der Waals surface area contributed by atoms with E-state index in [9.17, 15) is 4.79 Å². The summed E-state index contributed by atoms with van der Waals surface area (Å²) in [5, 5.41) is 8.89. The molecule has 0 rings (SSSR count). The molecule has 19 heavy (non-hydrogen) atoms. The maximum absolute atomic E-state index is 10.4. The largest absolute Gasteiger partial charge is 1.00 e. The van der Waals surface area contributed by atoms with E-state index in [-0.39, 0.29) is 35.5 Å². The van der Waals surface area contributed by atoms with Crippen LogP contribution in [-0.4, -0.2) is 11.9 Å². The van der Waals surface area contributed by atoms with Crippen LogP contribution in [0.5, 0.6) is 0 Å². The van der Waals surface area contributed by atoms with Gasteiger partial charge in [-0.1, -0.05) is 58.3 Å². The number of amides is 1. The molecule has 0 fully saturated rings. The third-order valence-electron chi connectivity index (χ3n) is 2.53. The van der Waals surface area contributed by atoms with Crippen LogP contribution in [-0.2, 0) is 9.59 Å². The topological polar surface area (TPSA) is 83.2 Å². The number of unbranched alkanes of at least 4 members (excludes halogenated alkanes) is 8. The minimum Gasteiger partial charge on any atom is -0.550 e. The van der Waals surface area contributed by atoms with E-state index in [4.69, 9.17) is 15.6 Å². The van der Waals surface area contributed by atoms with Crippen molar-refractivity contribution < 1.29 is 44.3 Å². The second kappa shape index (κ2) is 20.3.